The average molecular weight is 262 g/mol. The van der Waals surface area contributed by atoms with Gasteiger partial charge >= 0.3 is 0 Å². The van der Waals surface area contributed by atoms with Gasteiger partial charge in [-0.15, -0.1) is 12.4 Å². The summed E-state index contributed by atoms with van der Waals surface area (Å²) in [6.07, 6.45) is 0. The van der Waals surface area contributed by atoms with Crippen LogP contribution in [0, 0.1) is 11.8 Å². The molecule has 2 heterocycles. The van der Waals surface area contributed by atoms with Gasteiger partial charge in [0.25, 0.3) is 0 Å². The zero-order valence-electron chi connectivity index (χ0n) is 10.2. The molecule has 6 heteroatoms. The monoisotopic (exact) mass is 261 g/mol. The van der Waals surface area contributed by atoms with Gasteiger partial charge in [0, 0.05) is 26.2 Å². The lowest BCUT2D eigenvalue weighted by Gasteiger charge is -2.41. The molecule has 5 nitrogen and oxygen atoms in total. The number of hydrogen-bond acceptors (Lipinski definition) is 3. The summed E-state index contributed by atoms with van der Waals surface area (Å²) in [6, 6.07) is -0.290. The van der Waals surface area contributed by atoms with Crippen molar-refractivity contribution in [2.45, 2.75) is 19.9 Å². The summed E-state index contributed by atoms with van der Waals surface area (Å²) in [5, 5.41) is 5.91. The lowest BCUT2D eigenvalue weighted by Crippen LogP contribution is -2.63. The Morgan fingerprint density at radius 1 is 1.41 bits per heavy atom. The fraction of sp³-hybridized carbons (Fsp3) is 0.818. The second-order valence-corrected chi connectivity index (χ2v) is 4.87. The van der Waals surface area contributed by atoms with Crippen LogP contribution in [0.25, 0.3) is 0 Å². The SMILES string of the molecule is CC(C)C1C(=O)NCCN1C(=O)C1CNC1.Cl. The summed E-state index contributed by atoms with van der Waals surface area (Å²) >= 11 is 0. The second kappa shape index (κ2) is 5.69. The van der Waals surface area contributed by atoms with E-state index in [1.165, 1.54) is 0 Å². The molecule has 0 saturated carbocycles. The van der Waals surface area contributed by atoms with Crippen molar-refractivity contribution >= 4 is 24.2 Å². The van der Waals surface area contributed by atoms with Crippen molar-refractivity contribution < 1.29 is 9.59 Å². The Kier molecular flexibility index (Phi) is 4.77. The highest BCUT2D eigenvalue weighted by Crippen LogP contribution is 2.18. The first-order valence-electron chi connectivity index (χ1n) is 5.90. The molecule has 0 aliphatic carbocycles. The summed E-state index contributed by atoms with van der Waals surface area (Å²) < 4.78 is 0. The fourth-order valence-corrected chi connectivity index (χ4v) is 2.29. The van der Waals surface area contributed by atoms with Gasteiger partial charge in [-0.3, -0.25) is 9.59 Å². The molecule has 1 atom stereocenters. The summed E-state index contributed by atoms with van der Waals surface area (Å²) in [7, 11) is 0. The van der Waals surface area contributed by atoms with Crippen LogP contribution in [-0.4, -0.2) is 48.9 Å². The van der Waals surface area contributed by atoms with E-state index in [2.05, 4.69) is 10.6 Å². The third kappa shape index (κ3) is 2.72. The molecule has 2 aliphatic heterocycles. The molecular weight excluding hydrogens is 242 g/mol. The van der Waals surface area contributed by atoms with Gasteiger partial charge in [-0.1, -0.05) is 13.8 Å². The van der Waals surface area contributed by atoms with E-state index in [4.69, 9.17) is 0 Å². The molecule has 0 spiro atoms. The normalized spacial score (nSPS) is 25.0. The quantitative estimate of drug-likeness (QED) is 0.712. The zero-order valence-corrected chi connectivity index (χ0v) is 11.0. The Hall–Kier alpha value is -0.810. The van der Waals surface area contributed by atoms with Crippen molar-refractivity contribution in [2.75, 3.05) is 26.2 Å². The molecule has 0 aromatic heterocycles. The fourth-order valence-electron chi connectivity index (χ4n) is 2.29. The summed E-state index contributed by atoms with van der Waals surface area (Å²) in [4.78, 5) is 25.7. The van der Waals surface area contributed by atoms with E-state index in [0.717, 1.165) is 13.1 Å². The van der Waals surface area contributed by atoms with Crippen LogP contribution in [0.5, 0.6) is 0 Å². The zero-order chi connectivity index (χ0) is 11.7. The van der Waals surface area contributed by atoms with Gasteiger partial charge in [0.05, 0.1) is 5.92 Å². The topological polar surface area (TPSA) is 61.4 Å². The van der Waals surface area contributed by atoms with Crippen molar-refractivity contribution in [3.8, 4) is 0 Å². The highest BCUT2D eigenvalue weighted by Gasteiger charge is 2.39. The van der Waals surface area contributed by atoms with Gasteiger partial charge in [-0.05, 0) is 5.92 Å². The van der Waals surface area contributed by atoms with Gasteiger partial charge in [-0.25, -0.2) is 0 Å². The molecule has 1 unspecified atom stereocenters. The van der Waals surface area contributed by atoms with Crippen LogP contribution in [0.2, 0.25) is 0 Å². The van der Waals surface area contributed by atoms with Gasteiger partial charge < -0.3 is 15.5 Å². The van der Waals surface area contributed by atoms with Crippen LogP contribution in [-0.2, 0) is 9.59 Å². The maximum Gasteiger partial charge on any atom is 0.243 e. The number of carbonyl (C=O) groups is 2. The van der Waals surface area contributed by atoms with Crippen molar-refractivity contribution in [2.24, 2.45) is 11.8 Å². The van der Waals surface area contributed by atoms with Gasteiger partial charge in [0.15, 0.2) is 0 Å². The maximum atomic E-state index is 12.1. The summed E-state index contributed by atoms with van der Waals surface area (Å²) in [5.74, 6) is 0.360. The molecule has 0 radical (unpaired) electrons. The molecule has 2 amide bonds. The molecule has 2 rings (SSSR count). The smallest absolute Gasteiger partial charge is 0.243 e. The largest absolute Gasteiger partial charge is 0.353 e. The standard InChI is InChI=1S/C11H19N3O2.ClH/c1-7(2)9-10(15)13-3-4-14(9)11(16)8-5-12-6-8;/h7-9,12H,3-6H2,1-2H3,(H,13,15);1H. The van der Waals surface area contributed by atoms with Crippen LogP contribution < -0.4 is 10.6 Å². The number of piperazine rings is 1. The molecule has 98 valence electrons. The number of halogens is 1. The minimum atomic E-state index is -0.290. The lowest BCUT2D eigenvalue weighted by atomic mass is 9.95. The average Bonchev–Trinajstić information content (AvgIpc) is 2.13. The number of carbonyl (C=O) groups excluding carboxylic acids is 2. The molecule has 17 heavy (non-hydrogen) atoms. The minimum absolute atomic E-state index is 0. The number of nitrogens with one attached hydrogen (secondary N) is 2. The predicted octanol–water partition coefficient (Wildman–Crippen LogP) is -0.389. The molecule has 2 N–H and O–H groups in total. The molecule has 0 bridgehead atoms. The van der Waals surface area contributed by atoms with E-state index in [1.807, 2.05) is 13.8 Å². The third-order valence-electron chi connectivity index (χ3n) is 3.30. The van der Waals surface area contributed by atoms with Crippen molar-refractivity contribution in [1.29, 1.82) is 0 Å². The Morgan fingerprint density at radius 3 is 2.53 bits per heavy atom. The first-order valence-corrected chi connectivity index (χ1v) is 5.90. The van der Waals surface area contributed by atoms with E-state index in [9.17, 15) is 9.59 Å². The van der Waals surface area contributed by atoms with Crippen LogP contribution >= 0.6 is 12.4 Å². The number of amides is 2. The number of rotatable bonds is 2. The molecule has 0 aromatic rings. The lowest BCUT2D eigenvalue weighted by molar-refractivity contribution is -0.149. The Balaban J connectivity index is 0.00000144. The number of hydrogen-bond donors (Lipinski definition) is 2. The van der Waals surface area contributed by atoms with Crippen LogP contribution in [0.4, 0.5) is 0 Å². The first kappa shape index (κ1) is 14.3. The maximum absolute atomic E-state index is 12.1. The predicted molar refractivity (Wildman–Crippen MR) is 67.0 cm³/mol. The van der Waals surface area contributed by atoms with E-state index < -0.39 is 0 Å². The molecular formula is C11H20ClN3O2. The number of nitrogens with zero attached hydrogens (tertiary/aromatic N) is 1. The van der Waals surface area contributed by atoms with E-state index >= 15 is 0 Å². The molecule has 0 aromatic carbocycles. The Morgan fingerprint density at radius 2 is 2.06 bits per heavy atom. The molecule has 2 aliphatic rings. The summed E-state index contributed by atoms with van der Waals surface area (Å²) in [6.45, 7) is 6.69. The summed E-state index contributed by atoms with van der Waals surface area (Å²) in [5.41, 5.74) is 0. The highest BCUT2D eigenvalue weighted by atomic mass is 35.5. The van der Waals surface area contributed by atoms with Crippen LogP contribution in [0.15, 0.2) is 0 Å². The first-order chi connectivity index (χ1) is 7.61. The Labute approximate surface area is 108 Å². The molecule has 2 fully saturated rings. The van der Waals surface area contributed by atoms with Gasteiger partial charge in [0.2, 0.25) is 11.8 Å². The van der Waals surface area contributed by atoms with Gasteiger partial charge in [-0.2, -0.15) is 0 Å². The Bertz CT molecular complexity index is 305. The second-order valence-electron chi connectivity index (χ2n) is 4.87. The highest BCUT2D eigenvalue weighted by molar-refractivity contribution is 5.90. The van der Waals surface area contributed by atoms with E-state index in [1.54, 1.807) is 4.90 Å². The van der Waals surface area contributed by atoms with Crippen molar-refractivity contribution in [3.63, 3.8) is 0 Å². The van der Waals surface area contributed by atoms with Crippen LogP contribution in [0.3, 0.4) is 0 Å². The van der Waals surface area contributed by atoms with Crippen molar-refractivity contribution in [3.05, 3.63) is 0 Å². The van der Waals surface area contributed by atoms with Crippen molar-refractivity contribution in [1.82, 2.24) is 15.5 Å². The van der Waals surface area contributed by atoms with Gasteiger partial charge in [0.1, 0.15) is 6.04 Å². The van der Waals surface area contributed by atoms with E-state index in [0.29, 0.717) is 13.1 Å². The molecule has 2 saturated heterocycles. The third-order valence-corrected chi connectivity index (χ3v) is 3.30. The van der Waals surface area contributed by atoms with E-state index in [-0.39, 0.29) is 42.1 Å². The minimum Gasteiger partial charge on any atom is -0.353 e. The van der Waals surface area contributed by atoms with Crippen LogP contribution in [0.1, 0.15) is 13.8 Å².